The van der Waals surface area contributed by atoms with E-state index in [9.17, 15) is 0 Å². The maximum atomic E-state index is 5.45. The molecule has 1 aliphatic heterocycles. The fourth-order valence-corrected chi connectivity index (χ4v) is 3.09. The first-order valence-corrected chi connectivity index (χ1v) is 8.95. The predicted molar refractivity (Wildman–Crippen MR) is 104 cm³/mol. The van der Waals surface area contributed by atoms with Crippen LogP contribution in [0.5, 0.6) is 11.5 Å². The molecule has 0 bridgehead atoms. The van der Waals surface area contributed by atoms with E-state index in [0.717, 1.165) is 55.7 Å². The van der Waals surface area contributed by atoms with Gasteiger partial charge in [-0.1, -0.05) is 6.92 Å². The van der Waals surface area contributed by atoms with Crippen LogP contribution in [0.25, 0.3) is 0 Å². The van der Waals surface area contributed by atoms with Crippen LogP contribution in [0.4, 0.5) is 17.5 Å². The quantitative estimate of drug-likeness (QED) is 0.853. The van der Waals surface area contributed by atoms with E-state index in [2.05, 4.69) is 27.0 Å². The number of hydrogen-bond donors (Lipinski definition) is 1. The van der Waals surface area contributed by atoms with Crippen LogP contribution in [0, 0.1) is 6.92 Å². The van der Waals surface area contributed by atoms with Gasteiger partial charge >= 0.3 is 0 Å². The molecule has 0 radical (unpaired) electrons. The molecule has 2 heterocycles. The lowest BCUT2D eigenvalue weighted by Crippen LogP contribution is -2.46. The van der Waals surface area contributed by atoms with Gasteiger partial charge in [-0.2, -0.15) is 4.98 Å². The number of likely N-dealkylation sites (N-methyl/N-ethyl adjacent to an activating group) is 1. The van der Waals surface area contributed by atoms with E-state index in [1.807, 2.05) is 31.2 Å². The summed E-state index contributed by atoms with van der Waals surface area (Å²) >= 11 is 0. The summed E-state index contributed by atoms with van der Waals surface area (Å²) in [5.41, 5.74) is 1.74. The maximum Gasteiger partial charge on any atom is 0.229 e. The lowest BCUT2D eigenvalue weighted by molar-refractivity contribution is 0.270. The number of anilines is 3. The molecule has 1 N–H and O–H groups in total. The van der Waals surface area contributed by atoms with Crippen molar-refractivity contribution in [1.29, 1.82) is 0 Å². The van der Waals surface area contributed by atoms with Gasteiger partial charge in [0.15, 0.2) is 0 Å². The Morgan fingerprint density at radius 1 is 1.04 bits per heavy atom. The molecule has 1 saturated heterocycles. The molecule has 7 heteroatoms. The number of methoxy groups -OCH3 is 2. The van der Waals surface area contributed by atoms with Gasteiger partial charge < -0.3 is 24.6 Å². The minimum Gasteiger partial charge on any atom is -0.497 e. The first kappa shape index (κ1) is 18.3. The highest BCUT2D eigenvalue weighted by molar-refractivity contribution is 5.65. The van der Waals surface area contributed by atoms with E-state index < -0.39 is 0 Å². The second kappa shape index (κ2) is 8.23. The van der Waals surface area contributed by atoms with Crippen molar-refractivity contribution in [3.8, 4) is 11.5 Å². The Morgan fingerprint density at radius 2 is 1.81 bits per heavy atom. The summed E-state index contributed by atoms with van der Waals surface area (Å²) in [6.07, 6.45) is 0. The van der Waals surface area contributed by atoms with E-state index in [1.54, 1.807) is 14.2 Å². The van der Waals surface area contributed by atoms with Gasteiger partial charge in [0.25, 0.3) is 0 Å². The molecule has 7 nitrogen and oxygen atoms in total. The predicted octanol–water partition coefficient (Wildman–Crippen LogP) is 2.69. The van der Waals surface area contributed by atoms with Crippen LogP contribution in [-0.4, -0.2) is 61.8 Å². The Hall–Kier alpha value is -2.54. The molecular formula is C19H27N5O2. The molecule has 2 aromatic rings. The lowest BCUT2D eigenvalue weighted by atomic mass is 10.2. The second-order valence-corrected chi connectivity index (χ2v) is 6.30. The molecule has 1 aromatic carbocycles. The summed E-state index contributed by atoms with van der Waals surface area (Å²) in [6.45, 7) is 9.38. The number of nitrogens with zero attached hydrogens (tertiary/aromatic N) is 4. The Kier molecular flexibility index (Phi) is 5.78. The van der Waals surface area contributed by atoms with E-state index >= 15 is 0 Å². The Morgan fingerprint density at radius 3 is 2.46 bits per heavy atom. The third-order valence-corrected chi connectivity index (χ3v) is 4.64. The molecule has 0 spiro atoms. The molecule has 1 fully saturated rings. The van der Waals surface area contributed by atoms with Gasteiger partial charge in [-0.15, -0.1) is 0 Å². The number of aryl methyl sites for hydroxylation is 1. The van der Waals surface area contributed by atoms with Gasteiger partial charge in [0.1, 0.15) is 17.3 Å². The van der Waals surface area contributed by atoms with Crippen LogP contribution >= 0.6 is 0 Å². The van der Waals surface area contributed by atoms with Gasteiger partial charge in [-0.05, 0) is 25.6 Å². The Labute approximate surface area is 155 Å². The van der Waals surface area contributed by atoms with E-state index in [1.165, 1.54) is 0 Å². The number of ether oxygens (including phenoxy) is 2. The highest BCUT2D eigenvalue weighted by Crippen LogP contribution is 2.31. The molecular weight excluding hydrogens is 330 g/mol. The van der Waals surface area contributed by atoms with E-state index in [4.69, 9.17) is 14.5 Å². The van der Waals surface area contributed by atoms with Gasteiger partial charge in [-0.25, -0.2) is 4.98 Å². The topological polar surface area (TPSA) is 62.8 Å². The average Bonchev–Trinajstić information content (AvgIpc) is 2.68. The number of rotatable bonds is 6. The average molecular weight is 357 g/mol. The Bertz CT molecular complexity index is 745. The van der Waals surface area contributed by atoms with Crippen molar-refractivity contribution < 1.29 is 9.47 Å². The zero-order valence-corrected chi connectivity index (χ0v) is 16.0. The van der Waals surface area contributed by atoms with Gasteiger partial charge in [-0.3, -0.25) is 0 Å². The summed E-state index contributed by atoms with van der Waals surface area (Å²) in [5, 5.41) is 3.28. The summed E-state index contributed by atoms with van der Waals surface area (Å²) in [7, 11) is 3.27. The minimum absolute atomic E-state index is 0.571. The van der Waals surface area contributed by atoms with Crippen LogP contribution in [0.3, 0.4) is 0 Å². The normalized spacial score (nSPS) is 15.0. The van der Waals surface area contributed by atoms with Gasteiger partial charge in [0.2, 0.25) is 5.95 Å². The first-order valence-electron chi connectivity index (χ1n) is 8.95. The summed E-state index contributed by atoms with van der Waals surface area (Å²) < 4.78 is 10.7. The van der Waals surface area contributed by atoms with Crippen molar-refractivity contribution >= 4 is 17.5 Å². The largest absolute Gasteiger partial charge is 0.497 e. The van der Waals surface area contributed by atoms with Crippen LogP contribution < -0.4 is 19.7 Å². The number of piperazine rings is 1. The molecule has 3 rings (SSSR count). The zero-order valence-electron chi connectivity index (χ0n) is 16.0. The number of hydrogen-bond acceptors (Lipinski definition) is 7. The SMILES string of the molecule is CCN1CCN(c2cc(C)nc(Nc3ccc(OC)cc3OC)n2)CC1. The molecule has 140 valence electrons. The minimum atomic E-state index is 0.571. The second-order valence-electron chi connectivity index (χ2n) is 6.30. The van der Waals surface area contributed by atoms with Crippen LogP contribution in [0.2, 0.25) is 0 Å². The number of aromatic nitrogens is 2. The summed E-state index contributed by atoms with van der Waals surface area (Å²) in [4.78, 5) is 14.0. The summed E-state index contributed by atoms with van der Waals surface area (Å²) in [6, 6.07) is 7.66. The van der Waals surface area contributed by atoms with Crippen LogP contribution in [0.1, 0.15) is 12.6 Å². The smallest absolute Gasteiger partial charge is 0.229 e. The molecule has 0 amide bonds. The van der Waals surface area contributed by atoms with Crippen molar-refractivity contribution in [2.45, 2.75) is 13.8 Å². The van der Waals surface area contributed by atoms with E-state index in [0.29, 0.717) is 11.7 Å². The molecule has 0 unspecified atom stereocenters. The lowest BCUT2D eigenvalue weighted by Gasteiger charge is -2.34. The molecule has 0 atom stereocenters. The molecule has 1 aromatic heterocycles. The van der Waals surface area contributed by atoms with Crippen molar-refractivity contribution in [2.24, 2.45) is 0 Å². The number of benzene rings is 1. The first-order chi connectivity index (χ1) is 12.6. The highest BCUT2D eigenvalue weighted by atomic mass is 16.5. The Balaban J connectivity index is 1.80. The zero-order chi connectivity index (χ0) is 18.5. The van der Waals surface area contributed by atoms with Crippen molar-refractivity contribution in [3.05, 3.63) is 30.0 Å². The molecule has 0 saturated carbocycles. The fraction of sp³-hybridized carbons (Fsp3) is 0.474. The maximum absolute atomic E-state index is 5.45. The van der Waals surface area contributed by atoms with E-state index in [-0.39, 0.29) is 0 Å². The molecule has 0 aliphatic carbocycles. The van der Waals surface area contributed by atoms with Crippen molar-refractivity contribution in [3.63, 3.8) is 0 Å². The standard InChI is InChI=1S/C19H27N5O2/c1-5-23-8-10-24(11-9-23)18-12-14(2)20-19(22-18)21-16-7-6-15(25-3)13-17(16)26-4/h6-7,12-13H,5,8-11H2,1-4H3,(H,20,21,22). The third kappa shape index (κ3) is 4.16. The van der Waals surface area contributed by atoms with Crippen LogP contribution in [-0.2, 0) is 0 Å². The van der Waals surface area contributed by atoms with Crippen molar-refractivity contribution in [1.82, 2.24) is 14.9 Å². The summed E-state index contributed by atoms with van der Waals surface area (Å²) in [5.74, 6) is 2.96. The van der Waals surface area contributed by atoms with Gasteiger partial charge in [0, 0.05) is 44.0 Å². The van der Waals surface area contributed by atoms with Crippen LogP contribution in [0.15, 0.2) is 24.3 Å². The monoisotopic (exact) mass is 357 g/mol. The fourth-order valence-electron chi connectivity index (χ4n) is 3.09. The highest BCUT2D eigenvalue weighted by Gasteiger charge is 2.18. The van der Waals surface area contributed by atoms with Gasteiger partial charge in [0.05, 0.1) is 19.9 Å². The third-order valence-electron chi connectivity index (χ3n) is 4.64. The number of nitrogens with one attached hydrogen (secondary N) is 1. The molecule has 26 heavy (non-hydrogen) atoms. The molecule has 1 aliphatic rings. The van der Waals surface area contributed by atoms with Crippen molar-refractivity contribution in [2.75, 3.05) is 57.2 Å².